The number of nitrogens with one attached hydrogen (secondary N) is 1. The molecule has 34 heavy (non-hydrogen) atoms. The highest BCUT2D eigenvalue weighted by atomic mass is 19.4. The second kappa shape index (κ2) is 8.67. The van der Waals surface area contributed by atoms with Gasteiger partial charge in [0.05, 0.1) is 12.6 Å². The zero-order valence-electron chi connectivity index (χ0n) is 17.8. The minimum Gasteiger partial charge on any atom is -0.439 e. The Kier molecular flexibility index (Phi) is 5.87. The summed E-state index contributed by atoms with van der Waals surface area (Å²) in [5, 5.41) is 9.70. The third-order valence-corrected chi connectivity index (χ3v) is 4.73. The fourth-order valence-electron chi connectivity index (χ4n) is 3.34. The molecule has 3 aromatic heterocycles. The van der Waals surface area contributed by atoms with Crippen LogP contribution in [0.15, 0.2) is 52.2 Å². The predicted molar refractivity (Wildman–Crippen MR) is 114 cm³/mol. The summed E-state index contributed by atoms with van der Waals surface area (Å²) in [7, 11) is 1.60. The topological polar surface area (TPSA) is 124 Å². The van der Waals surface area contributed by atoms with Crippen LogP contribution in [0.2, 0.25) is 0 Å². The van der Waals surface area contributed by atoms with Crippen molar-refractivity contribution >= 4 is 11.2 Å². The van der Waals surface area contributed by atoms with E-state index in [1.165, 1.54) is 40.5 Å². The Morgan fingerprint density at radius 3 is 2.38 bits per heavy atom. The highest BCUT2D eigenvalue weighted by Gasteiger charge is 2.31. The molecule has 0 saturated carbocycles. The Morgan fingerprint density at radius 2 is 1.79 bits per heavy atom. The zero-order chi connectivity index (χ0) is 24.6. The number of aliphatic hydroxyl groups is 1. The molecule has 0 bridgehead atoms. The number of aromatic amines is 1. The van der Waals surface area contributed by atoms with Crippen LogP contribution < -0.4 is 20.7 Å². The number of hydrogen-bond acceptors (Lipinski definition) is 7. The summed E-state index contributed by atoms with van der Waals surface area (Å²) in [5.74, 6) is 0.370. The average Bonchev–Trinajstić information content (AvgIpc) is 3.09. The second-order valence-corrected chi connectivity index (χ2v) is 7.39. The van der Waals surface area contributed by atoms with Gasteiger partial charge in [0.25, 0.3) is 5.56 Å². The van der Waals surface area contributed by atoms with Gasteiger partial charge in [0.1, 0.15) is 17.3 Å². The van der Waals surface area contributed by atoms with E-state index in [-0.39, 0.29) is 35.1 Å². The number of pyridine rings is 1. The molecule has 10 nitrogen and oxygen atoms in total. The molecule has 4 aromatic rings. The minimum atomic E-state index is -4.79. The number of ether oxygens (including phenoxy) is 2. The Hall–Kier alpha value is -4.13. The van der Waals surface area contributed by atoms with Crippen LogP contribution in [-0.2, 0) is 13.6 Å². The number of H-pyrrole nitrogens is 1. The molecule has 0 fully saturated rings. The number of halogens is 3. The number of aromatic nitrogens is 5. The van der Waals surface area contributed by atoms with E-state index < -0.39 is 23.7 Å². The lowest BCUT2D eigenvalue weighted by Gasteiger charge is -2.10. The van der Waals surface area contributed by atoms with E-state index >= 15 is 0 Å². The van der Waals surface area contributed by atoms with Gasteiger partial charge in [-0.3, -0.25) is 14.3 Å². The maximum atomic E-state index is 12.4. The van der Waals surface area contributed by atoms with Crippen LogP contribution in [-0.4, -0.2) is 41.7 Å². The summed E-state index contributed by atoms with van der Waals surface area (Å²) < 4.78 is 48.8. The van der Waals surface area contributed by atoms with Crippen LogP contribution >= 0.6 is 0 Å². The van der Waals surface area contributed by atoms with E-state index in [9.17, 15) is 27.9 Å². The molecule has 0 aliphatic heterocycles. The number of aliphatic hydroxyl groups excluding tert-OH is 1. The first-order valence-corrected chi connectivity index (χ1v) is 9.89. The van der Waals surface area contributed by atoms with E-state index in [1.807, 2.05) is 0 Å². The lowest BCUT2D eigenvalue weighted by atomic mass is 10.2. The van der Waals surface area contributed by atoms with Crippen LogP contribution in [0.25, 0.3) is 22.6 Å². The molecule has 0 amide bonds. The number of alkyl halides is 3. The zero-order valence-corrected chi connectivity index (χ0v) is 17.8. The molecular weight excluding hydrogens is 459 g/mol. The normalized spacial score (nSPS) is 12.6. The molecule has 178 valence electrons. The Morgan fingerprint density at radius 1 is 1.12 bits per heavy atom. The van der Waals surface area contributed by atoms with Gasteiger partial charge in [0, 0.05) is 24.9 Å². The van der Waals surface area contributed by atoms with E-state index in [0.717, 1.165) is 12.1 Å². The molecule has 1 atom stereocenters. The number of fused-ring (bicyclic) bond motifs is 1. The van der Waals surface area contributed by atoms with Gasteiger partial charge in [0.2, 0.25) is 5.88 Å². The van der Waals surface area contributed by atoms with Gasteiger partial charge in [-0.2, -0.15) is 0 Å². The van der Waals surface area contributed by atoms with E-state index in [1.54, 1.807) is 13.1 Å². The lowest BCUT2D eigenvalue weighted by Crippen LogP contribution is -2.33. The van der Waals surface area contributed by atoms with E-state index in [2.05, 4.69) is 19.7 Å². The SMILES string of the molecule is CC(O)Cn1c(=O)[nH]c(=O)c2c1nc(-c1ccc(Oc3ccc(OC(F)(F)F)cc3)nc1)n2C. The maximum Gasteiger partial charge on any atom is 0.573 e. The molecule has 0 aliphatic rings. The van der Waals surface area contributed by atoms with Gasteiger partial charge in [-0.1, -0.05) is 0 Å². The third kappa shape index (κ3) is 4.78. The van der Waals surface area contributed by atoms with Crippen molar-refractivity contribution in [2.45, 2.75) is 25.9 Å². The molecule has 0 radical (unpaired) electrons. The minimum absolute atomic E-state index is 0.0552. The average molecular weight is 477 g/mol. The summed E-state index contributed by atoms with van der Waals surface area (Å²) >= 11 is 0. The number of rotatable bonds is 6. The molecule has 2 N–H and O–H groups in total. The second-order valence-electron chi connectivity index (χ2n) is 7.39. The van der Waals surface area contributed by atoms with Crippen molar-refractivity contribution in [1.82, 2.24) is 24.1 Å². The van der Waals surface area contributed by atoms with Gasteiger partial charge < -0.3 is 19.1 Å². The van der Waals surface area contributed by atoms with E-state index in [4.69, 9.17) is 4.74 Å². The van der Waals surface area contributed by atoms with Crippen LogP contribution in [0, 0.1) is 0 Å². The summed E-state index contributed by atoms with van der Waals surface area (Å²) in [5.41, 5.74) is -0.522. The Labute approximate surface area is 188 Å². The highest BCUT2D eigenvalue weighted by molar-refractivity contribution is 5.76. The van der Waals surface area contributed by atoms with Gasteiger partial charge in [-0.15, -0.1) is 13.2 Å². The molecule has 1 aromatic carbocycles. The molecule has 3 heterocycles. The molecule has 0 spiro atoms. The molecule has 0 aliphatic carbocycles. The van der Waals surface area contributed by atoms with Gasteiger partial charge in [0.15, 0.2) is 11.2 Å². The standard InChI is InChI=1S/C21H18F3N5O5/c1-11(30)10-29-18-16(19(31)27-20(29)32)28(2)17(26-18)12-3-8-15(25-9-12)33-13-4-6-14(7-5-13)34-21(22,23)24/h3-9,11,30H,10H2,1-2H3,(H,27,31,32). The predicted octanol–water partition coefficient (Wildman–Crippen LogP) is 2.56. The number of aryl methyl sites for hydroxylation is 1. The summed E-state index contributed by atoms with van der Waals surface area (Å²) in [6.07, 6.45) is -4.20. The summed E-state index contributed by atoms with van der Waals surface area (Å²) in [6.45, 7) is 1.45. The molecule has 1 unspecified atom stereocenters. The molecule has 13 heteroatoms. The first-order chi connectivity index (χ1) is 16.0. The molecule has 0 saturated heterocycles. The van der Waals surface area contributed by atoms with Crippen LogP contribution in [0.3, 0.4) is 0 Å². The van der Waals surface area contributed by atoms with Crippen molar-refractivity contribution in [3.8, 4) is 28.8 Å². The summed E-state index contributed by atoms with van der Waals surface area (Å²) in [6, 6.07) is 7.96. The van der Waals surface area contributed by atoms with Crippen molar-refractivity contribution < 1.29 is 27.8 Å². The fourth-order valence-corrected chi connectivity index (χ4v) is 3.34. The lowest BCUT2D eigenvalue weighted by molar-refractivity contribution is -0.274. The third-order valence-electron chi connectivity index (χ3n) is 4.73. The van der Waals surface area contributed by atoms with Crippen molar-refractivity contribution in [1.29, 1.82) is 0 Å². The number of hydrogen-bond donors (Lipinski definition) is 2. The van der Waals surface area contributed by atoms with Crippen molar-refractivity contribution in [2.24, 2.45) is 7.05 Å². The van der Waals surface area contributed by atoms with E-state index in [0.29, 0.717) is 11.4 Å². The van der Waals surface area contributed by atoms with Gasteiger partial charge in [-0.05, 0) is 37.3 Å². The number of imidazole rings is 1. The fraction of sp³-hybridized carbons (Fsp3) is 0.238. The largest absolute Gasteiger partial charge is 0.573 e. The highest BCUT2D eigenvalue weighted by Crippen LogP contribution is 2.28. The number of benzene rings is 1. The molecule has 4 rings (SSSR count). The quantitative estimate of drug-likeness (QED) is 0.437. The van der Waals surface area contributed by atoms with Crippen LogP contribution in [0.4, 0.5) is 13.2 Å². The Bertz CT molecular complexity index is 1440. The number of nitrogens with zero attached hydrogens (tertiary/aromatic N) is 4. The smallest absolute Gasteiger partial charge is 0.439 e. The van der Waals surface area contributed by atoms with Crippen molar-refractivity contribution in [2.75, 3.05) is 0 Å². The monoisotopic (exact) mass is 477 g/mol. The maximum absolute atomic E-state index is 12.4. The molecular formula is C21H18F3N5O5. The van der Waals surface area contributed by atoms with Gasteiger partial charge >= 0.3 is 12.1 Å². The summed E-state index contributed by atoms with van der Waals surface area (Å²) in [4.78, 5) is 35.4. The van der Waals surface area contributed by atoms with Crippen LogP contribution in [0.5, 0.6) is 17.4 Å². The van der Waals surface area contributed by atoms with Gasteiger partial charge in [-0.25, -0.2) is 14.8 Å². The Balaban J connectivity index is 1.61. The first-order valence-electron chi connectivity index (χ1n) is 9.89. The first kappa shape index (κ1) is 23.0. The van der Waals surface area contributed by atoms with Crippen molar-refractivity contribution in [3.63, 3.8) is 0 Å². The van der Waals surface area contributed by atoms with Crippen LogP contribution in [0.1, 0.15) is 6.92 Å². The van der Waals surface area contributed by atoms with Crippen molar-refractivity contribution in [3.05, 3.63) is 63.4 Å².